The Morgan fingerprint density at radius 3 is 2.77 bits per heavy atom. The van der Waals surface area contributed by atoms with Crippen LogP contribution in [0.4, 0.5) is 0 Å². The molecular weight excluding hydrogens is 190 g/mol. The smallest absolute Gasteiger partial charge is 0.138 e. The van der Waals surface area contributed by atoms with Gasteiger partial charge in [0.1, 0.15) is 12.4 Å². The summed E-state index contributed by atoms with van der Waals surface area (Å²) < 4.78 is 5.16. The zero-order valence-corrected chi connectivity index (χ0v) is 7.92. The van der Waals surface area contributed by atoms with E-state index in [1.54, 1.807) is 12.1 Å². The number of aliphatic hydroxyl groups excluding tert-OH is 1. The number of ether oxygens (including phenoxy) is 1. The molecular formula is C9H12ClNO2. The molecule has 3 nitrogen and oxygen atoms in total. The molecule has 4 heteroatoms. The van der Waals surface area contributed by atoms with E-state index < -0.39 is 0 Å². The summed E-state index contributed by atoms with van der Waals surface area (Å²) in [5.74, 6) is 0.577. The van der Waals surface area contributed by atoms with Crippen molar-refractivity contribution in [2.75, 3.05) is 13.2 Å². The number of nitrogens with two attached hydrogens (primary N) is 1. The van der Waals surface area contributed by atoms with Gasteiger partial charge >= 0.3 is 0 Å². The average Bonchev–Trinajstić information content (AvgIpc) is 2.16. The molecule has 0 heterocycles. The first-order valence-corrected chi connectivity index (χ1v) is 4.38. The highest BCUT2D eigenvalue weighted by atomic mass is 35.5. The third-order valence-electron chi connectivity index (χ3n) is 1.58. The highest BCUT2D eigenvalue weighted by Gasteiger charge is 2.01. The molecule has 0 aromatic heterocycles. The number of hydrogen-bond acceptors (Lipinski definition) is 3. The molecule has 1 aromatic rings. The van der Waals surface area contributed by atoms with E-state index in [-0.39, 0.29) is 13.2 Å². The molecule has 0 amide bonds. The molecule has 0 fully saturated rings. The van der Waals surface area contributed by atoms with Gasteiger partial charge in [-0.15, -0.1) is 0 Å². The van der Waals surface area contributed by atoms with Gasteiger partial charge in [-0.25, -0.2) is 0 Å². The zero-order valence-electron chi connectivity index (χ0n) is 7.16. The number of hydrogen-bond donors (Lipinski definition) is 2. The molecule has 0 unspecified atom stereocenters. The first-order valence-electron chi connectivity index (χ1n) is 4.00. The van der Waals surface area contributed by atoms with Gasteiger partial charge in [0, 0.05) is 6.54 Å². The molecule has 0 spiro atoms. The van der Waals surface area contributed by atoms with Gasteiger partial charge < -0.3 is 15.6 Å². The van der Waals surface area contributed by atoms with Gasteiger partial charge in [0.15, 0.2) is 0 Å². The van der Waals surface area contributed by atoms with Crippen LogP contribution in [-0.2, 0) is 6.54 Å². The normalized spacial score (nSPS) is 10.1. The Bertz CT molecular complexity index is 278. The van der Waals surface area contributed by atoms with Gasteiger partial charge in [-0.3, -0.25) is 0 Å². The second kappa shape index (κ2) is 5.07. The van der Waals surface area contributed by atoms with Gasteiger partial charge in [0.25, 0.3) is 0 Å². The molecule has 0 atom stereocenters. The maximum absolute atomic E-state index is 8.53. The van der Waals surface area contributed by atoms with E-state index in [2.05, 4.69) is 0 Å². The van der Waals surface area contributed by atoms with Crippen LogP contribution in [0.25, 0.3) is 0 Å². The van der Waals surface area contributed by atoms with Crippen molar-refractivity contribution in [1.29, 1.82) is 0 Å². The van der Waals surface area contributed by atoms with Crippen LogP contribution in [0, 0.1) is 0 Å². The highest BCUT2D eigenvalue weighted by Crippen LogP contribution is 2.25. The number of aliphatic hydroxyl groups is 1. The lowest BCUT2D eigenvalue weighted by Crippen LogP contribution is -2.02. The van der Waals surface area contributed by atoms with Gasteiger partial charge in [0.05, 0.1) is 11.6 Å². The Balaban J connectivity index is 2.73. The molecule has 0 saturated carbocycles. The van der Waals surface area contributed by atoms with Crippen molar-refractivity contribution < 1.29 is 9.84 Å². The van der Waals surface area contributed by atoms with Crippen LogP contribution < -0.4 is 10.5 Å². The SMILES string of the molecule is NCc1ccc(OCCO)c(Cl)c1. The van der Waals surface area contributed by atoms with Gasteiger partial charge in [0.2, 0.25) is 0 Å². The van der Waals surface area contributed by atoms with Crippen LogP contribution >= 0.6 is 11.6 Å². The molecule has 1 aromatic carbocycles. The van der Waals surface area contributed by atoms with Crippen LogP contribution in [0.5, 0.6) is 5.75 Å². The second-order valence-electron chi connectivity index (χ2n) is 2.54. The van der Waals surface area contributed by atoms with Crippen molar-refractivity contribution in [3.63, 3.8) is 0 Å². The minimum Gasteiger partial charge on any atom is -0.490 e. The predicted molar refractivity (Wildman–Crippen MR) is 51.9 cm³/mol. The molecule has 1 rings (SSSR count). The molecule has 72 valence electrons. The van der Waals surface area contributed by atoms with E-state index in [9.17, 15) is 0 Å². The van der Waals surface area contributed by atoms with Crippen LogP contribution in [0.2, 0.25) is 5.02 Å². The molecule has 3 N–H and O–H groups in total. The fourth-order valence-electron chi connectivity index (χ4n) is 0.944. The van der Waals surface area contributed by atoms with Crippen molar-refractivity contribution in [3.8, 4) is 5.75 Å². The third-order valence-corrected chi connectivity index (χ3v) is 1.88. The van der Waals surface area contributed by atoms with Crippen molar-refractivity contribution in [2.45, 2.75) is 6.54 Å². The Hall–Kier alpha value is -0.770. The van der Waals surface area contributed by atoms with E-state index in [0.29, 0.717) is 17.3 Å². The standard InChI is InChI=1S/C9H12ClNO2/c10-8-5-7(6-11)1-2-9(8)13-4-3-12/h1-2,5,12H,3-4,6,11H2. The fraction of sp³-hybridized carbons (Fsp3) is 0.333. The summed E-state index contributed by atoms with van der Waals surface area (Å²) in [6.45, 7) is 0.691. The van der Waals surface area contributed by atoms with E-state index >= 15 is 0 Å². The van der Waals surface area contributed by atoms with Gasteiger partial charge in [-0.1, -0.05) is 17.7 Å². The third kappa shape index (κ3) is 2.88. The van der Waals surface area contributed by atoms with E-state index in [1.807, 2.05) is 6.07 Å². The number of halogens is 1. The number of benzene rings is 1. The van der Waals surface area contributed by atoms with Crippen molar-refractivity contribution >= 4 is 11.6 Å². The summed E-state index contributed by atoms with van der Waals surface area (Å²) in [7, 11) is 0. The Kier molecular flexibility index (Phi) is 4.02. The summed E-state index contributed by atoms with van der Waals surface area (Å²) in [5, 5.41) is 9.06. The average molecular weight is 202 g/mol. The molecule has 0 saturated heterocycles. The van der Waals surface area contributed by atoms with Crippen LogP contribution in [0.15, 0.2) is 18.2 Å². The molecule has 0 bridgehead atoms. The maximum atomic E-state index is 8.53. The lowest BCUT2D eigenvalue weighted by atomic mass is 10.2. The summed E-state index contributed by atoms with van der Waals surface area (Å²) in [6.07, 6.45) is 0. The summed E-state index contributed by atoms with van der Waals surface area (Å²) in [6, 6.07) is 5.35. The number of rotatable bonds is 4. The quantitative estimate of drug-likeness (QED) is 0.769. The van der Waals surface area contributed by atoms with Crippen LogP contribution in [0.3, 0.4) is 0 Å². The predicted octanol–water partition coefficient (Wildman–Crippen LogP) is 1.17. The van der Waals surface area contributed by atoms with Crippen molar-refractivity contribution in [2.24, 2.45) is 5.73 Å². The molecule has 0 aliphatic rings. The van der Waals surface area contributed by atoms with E-state index in [0.717, 1.165) is 5.56 Å². The Labute approximate surface area is 82.1 Å². The van der Waals surface area contributed by atoms with Crippen LogP contribution in [-0.4, -0.2) is 18.3 Å². The van der Waals surface area contributed by atoms with Gasteiger partial charge in [-0.05, 0) is 17.7 Å². The Morgan fingerprint density at radius 1 is 1.46 bits per heavy atom. The minimum absolute atomic E-state index is 0.0189. The van der Waals surface area contributed by atoms with Crippen molar-refractivity contribution in [3.05, 3.63) is 28.8 Å². The molecule has 13 heavy (non-hydrogen) atoms. The summed E-state index contributed by atoms with van der Waals surface area (Å²) in [5.41, 5.74) is 6.39. The highest BCUT2D eigenvalue weighted by molar-refractivity contribution is 6.32. The fourth-order valence-corrected chi connectivity index (χ4v) is 1.20. The maximum Gasteiger partial charge on any atom is 0.138 e. The van der Waals surface area contributed by atoms with Crippen LogP contribution in [0.1, 0.15) is 5.56 Å². The summed E-state index contributed by atoms with van der Waals surface area (Å²) in [4.78, 5) is 0. The second-order valence-corrected chi connectivity index (χ2v) is 2.95. The minimum atomic E-state index is -0.0189. The van der Waals surface area contributed by atoms with E-state index in [4.69, 9.17) is 27.2 Å². The van der Waals surface area contributed by atoms with E-state index in [1.165, 1.54) is 0 Å². The first-order chi connectivity index (χ1) is 6.27. The van der Waals surface area contributed by atoms with Crippen molar-refractivity contribution in [1.82, 2.24) is 0 Å². The molecule has 0 aliphatic heterocycles. The largest absolute Gasteiger partial charge is 0.490 e. The zero-order chi connectivity index (χ0) is 9.68. The lowest BCUT2D eigenvalue weighted by Gasteiger charge is -2.07. The lowest BCUT2D eigenvalue weighted by molar-refractivity contribution is 0.201. The topological polar surface area (TPSA) is 55.5 Å². The molecule has 0 aliphatic carbocycles. The monoisotopic (exact) mass is 201 g/mol. The first kappa shape index (κ1) is 10.3. The van der Waals surface area contributed by atoms with Gasteiger partial charge in [-0.2, -0.15) is 0 Å². The molecule has 0 radical (unpaired) electrons. The Morgan fingerprint density at radius 2 is 2.23 bits per heavy atom. The summed E-state index contributed by atoms with van der Waals surface area (Å²) >= 11 is 5.88.